The average Bonchev–Trinajstić information content (AvgIpc) is 3.20. The van der Waals surface area contributed by atoms with Crippen LogP contribution in [0.25, 0.3) is 0 Å². The van der Waals surface area contributed by atoms with Crippen LogP contribution in [0, 0.1) is 5.92 Å². The molecule has 0 amide bonds. The Morgan fingerprint density at radius 1 is 1.48 bits per heavy atom. The van der Waals surface area contributed by atoms with E-state index in [4.69, 9.17) is 9.47 Å². The molecule has 8 nitrogen and oxygen atoms in total. The van der Waals surface area contributed by atoms with Crippen molar-refractivity contribution >= 4 is 5.96 Å². The van der Waals surface area contributed by atoms with Crippen LogP contribution in [0.4, 0.5) is 0 Å². The summed E-state index contributed by atoms with van der Waals surface area (Å²) in [7, 11) is 3.47. The molecular formula is C15H26N6O2. The highest BCUT2D eigenvalue weighted by atomic mass is 16.5. The first-order valence-corrected chi connectivity index (χ1v) is 8.25. The van der Waals surface area contributed by atoms with Crippen LogP contribution in [-0.2, 0) is 29.0 Å². The second-order valence-corrected chi connectivity index (χ2v) is 6.12. The van der Waals surface area contributed by atoms with E-state index in [1.165, 1.54) is 0 Å². The van der Waals surface area contributed by atoms with Gasteiger partial charge in [0.15, 0.2) is 11.8 Å². The van der Waals surface area contributed by atoms with E-state index >= 15 is 0 Å². The van der Waals surface area contributed by atoms with Crippen molar-refractivity contribution in [3.63, 3.8) is 0 Å². The van der Waals surface area contributed by atoms with E-state index in [-0.39, 0.29) is 0 Å². The van der Waals surface area contributed by atoms with E-state index in [1.807, 2.05) is 4.68 Å². The highest BCUT2D eigenvalue weighted by Crippen LogP contribution is 2.14. The molecule has 8 heteroatoms. The average molecular weight is 322 g/mol. The van der Waals surface area contributed by atoms with Crippen molar-refractivity contribution in [1.82, 2.24) is 25.4 Å². The van der Waals surface area contributed by atoms with Crippen LogP contribution in [0.2, 0.25) is 0 Å². The summed E-state index contributed by atoms with van der Waals surface area (Å²) in [5, 5.41) is 11.4. The Bertz CT molecular complexity index is 538. The number of aryl methyl sites for hydroxylation is 1. The molecule has 0 aromatic carbocycles. The van der Waals surface area contributed by atoms with Gasteiger partial charge in [0.2, 0.25) is 0 Å². The largest absolute Gasteiger partial charge is 0.381 e. The van der Waals surface area contributed by atoms with Gasteiger partial charge in [0.05, 0.1) is 13.2 Å². The lowest BCUT2D eigenvalue weighted by molar-refractivity contribution is 0.177. The summed E-state index contributed by atoms with van der Waals surface area (Å²) in [5.41, 5.74) is 0. The molecule has 2 unspecified atom stereocenters. The summed E-state index contributed by atoms with van der Waals surface area (Å²) in [6, 6.07) is 0.311. The summed E-state index contributed by atoms with van der Waals surface area (Å²) in [4.78, 5) is 8.82. The number of fused-ring (bicyclic) bond motifs is 1. The molecule has 1 aromatic heterocycles. The maximum absolute atomic E-state index is 5.41. The Balaban J connectivity index is 1.50. The van der Waals surface area contributed by atoms with Crippen molar-refractivity contribution in [3.05, 3.63) is 11.6 Å². The molecule has 1 saturated heterocycles. The minimum atomic E-state index is 0.311. The first-order valence-electron chi connectivity index (χ1n) is 8.25. The maximum atomic E-state index is 5.41. The second-order valence-electron chi connectivity index (χ2n) is 6.12. The molecule has 0 aliphatic carbocycles. The Morgan fingerprint density at radius 2 is 2.39 bits per heavy atom. The summed E-state index contributed by atoms with van der Waals surface area (Å²) >= 11 is 0. The number of ether oxygens (including phenoxy) is 2. The number of nitrogens with zero attached hydrogens (tertiary/aromatic N) is 4. The summed E-state index contributed by atoms with van der Waals surface area (Å²) in [6.07, 6.45) is 3.07. The Kier molecular flexibility index (Phi) is 5.45. The quantitative estimate of drug-likeness (QED) is 0.583. The number of nitrogens with one attached hydrogen (secondary N) is 2. The van der Waals surface area contributed by atoms with E-state index in [0.717, 1.165) is 63.2 Å². The van der Waals surface area contributed by atoms with E-state index in [9.17, 15) is 0 Å². The fourth-order valence-electron chi connectivity index (χ4n) is 3.04. The van der Waals surface area contributed by atoms with Crippen LogP contribution in [0.3, 0.4) is 0 Å². The Hall–Kier alpha value is -1.67. The van der Waals surface area contributed by atoms with Crippen LogP contribution < -0.4 is 10.6 Å². The lowest BCUT2D eigenvalue weighted by Crippen LogP contribution is -2.48. The highest BCUT2D eigenvalue weighted by Gasteiger charge is 2.23. The standard InChI is InChI=1S/C15H26N6O2/c1-16-15(17-7-11-5-6-23-9-11)18-12-3-4-14-19-13(10-22-2)20-21(14)8-12/h11-12H,3-10H2,1-2H3,(H2,16,17,18). The molecule has 3 rings (SSSR count). The number of hydrogen-bond donors (Lipinski definition) is 2. The molecule has 0 radical (unpaired) electrons. The van der Waals surface area contributed by atoms with Crippen LogP contribution in [0.5, 0.6) is 0 Å². The summed E-state index contributed by atoms with van der Waals surface area (Å²) in [6.45, 7) is 3.89. The van der Waals surface area contributed by atoms with E-state index in [1.54, 1.807) is 14.2 Å². The highest BCUT2D eigenvalue weighted by molar-refractivity contribution is 5.79. The van der Waals surface area contributed by atoms with Crippen LogP contribution >= 0.6 is 0 Å². The lowest BCUT2D eigenvalue weighted by atomic mass is 10.1. The van der Waals surface area contributed by atoms with Gasteiger partial charge in [0.25, 0.3) is 0 Å². The molecule has 2 aliphatic rings. The minimum absolute atomic E-state index is 0.311. The third kappa shape index (κ3) is 4.20. The van der Waals surface area contributed by atoms with Crippen LogP contribution in [0.1, 0.15) is 24.5 Å². The van der Waals surface area contributed by atoms with E-state index in [2.05, 4.69) is 25.7 Å². The monoisotopic (exact) mass is 322 g/mol. The van der Waals surface area contributed by atoms with E-state index < -0.39 is 0 Å². The predicted octanol–water partition coefficient (Wildman–Crippen LogP) is -0.0592. The Labute approximate surface area is 136 Å². The van der Waals surface area contributed by atoms with Gasteiger partial charge in [-0.3, -0.25) is 4.99 Å². The van der Waals surface area contributed by atoms with Gasteiger partial charge in [-0.25, -0.2) is 9.67 Å². The molecule has 128 valence electrons. The smallest absolute Gasteiger partial charge is 0.191 e. The molecule has 0 saturated carbocycles. The summed E-state index contributed by atoms with van der Waals surface area (Å²) < 4.78 is 12.5. The molecule has 2 aliphatic heterocycles. The first-order chi connectivity index (χ1) is 11.3. The number of methoxy groups -OCH3 is 1. The molecule has 1 aromatic rings. The van der Waals surface area contributed by atoms with Gasteiger partial charge in [-0.15, -0.1) is 0 Å². The summed E-state index contributed by atoms with van der Waals surface area (Å²) in [5.74, 6) is 3.23. The zero-order valence-electron chi connectivity index (χ0n) is 13.9. The number of hydrogen-bond acceptors (Lipinski definition) is 5. The van der Waals surface area contributed by atoms with Crippen LogP contribution in [-0.4, -0.2) is 60.7 Å². The van der Waals surface area contributed by atoms with Gasteiger partial charge in [-0.05, 0) is 12.8 Å². The zero-order valence-corrected chi connectivity index (χ0v) is 13.9. The first kappa shape index (κ1) is 16.2. The van der Waals surface area contributed by atoms with Gasteiger partial charge in [-0.1, -0.05) is 0 Å². The number of rotatable bonds is 5. The molecule has 0 spiro atoms. The number of aliphatic imine (C=N–C) groups is 1. The van der Waals surface area contributed by atoms with Crippen molar-refractivity contribution in [3.8, 4) is 0 Å². The predicted molar refractivity (Wildman–Crippen MR) is 86.3 cm³/mol. The number of aromatic nitrogens is 3. The molecule has 1 fully saturated rings. The zero-order chi connectivity index (χ0) is 16.1. The molecule has 0 bridgehead atoms. The van der Waals surface area contributed by atoms with Crippen molar-refractivity contribution in [2.45, 2.75) is 38.5 Å². The third-order valence-electron chi connectivity index (χ3n) is 4.32. The number of guanidine groups is 1. The molecule has 23 heavy (non-hydrogen) atoms. The van der Waals surface area contributed by atoms with Gasteiger partial charge >= 0.3 is 0 Å². The Morgan fingerprint density at radius 3 is 3.13 bits per heavy atom. The van der Waals surface area contributed by atoms with Gasteiger partial charge in [0.1, 0.15) is 12.4 Å². The normalized spacial score (nSPS) is 24.5. The third-order valence-corrected chi connectivity index (χ3v) is 4.32. The minimum Gasteiger partial charge on any atom is -0.381 e. The molecule has 2 atom stereocenters. The SMILES string of the molecule is CN=C(NCC1CCOC1)NC1CCc2nc(COC)nn2C1. The van der Waals surface area contributed by atoms with Crippen molar-refractivity contribution < 1.29 is 9.47 Å². The van der Waals surface area contributed by atoms with Crippen molar-refractivity contribution in [2.75, 3.05) is 33.9 Å². The van der Waals surface area contributed by atoms with E-state index in [0.29, 0.717) is 18.6 Å². The lowest BCUT2D eigenvalue weighted by Gasteiger charge is -2.25. The molecule has 2 N–H and O–H groups in total. The van der Waals surface area contributed by atoms with Crippen LogP contribution in [0.15, 0.2) is 4.99 Å². The van der Waals surface area contributed by atoms with Crippen molar-refractivity contribution in [1.29, 1.82) is 0 Å². The van der Waals surface area contributed by atoms with Gasteiger partial charge in [-0.2, -0.15) is 5.10 Å². The fourth-order valence-corrected chi connectivity index (χ4v) is 3.04. The maximum Gasteiger partial charge on any atom is 0.191 e. The van der Waals surface area contributed by atoms with Gasteiger partial charge < -0.3 is 20.1 Å². The van der Waals surface area contributed by atoms with Crippen molar-refractivity contribution in [2.24, 2.45) is 10.9 Å². The molecule has 3 heterocycles. The second kappa shape index (κ2) is 7.74. The molecular weight excluding hydrogens is 296 g/mol. The fraction of sp³-hybridized carbons (Fsp3) is 0.800. The van der Waals surface area contributed by atoms with Gasteiger partial charge in [0, 0.05) is 45.7 Å². The topological polar surface area (TPSA) is 85.6 Å².